The fourth-order valence-corrected chi connectivity index (χ4v) is 3.42. The van der Waals surface area contributed by atoms with E-state index in [0.29, 0.717) is 17.5 Å². The molecule has 2 N–H and O–H groups in total. The number of rotatable bonds is 5. The molecule has 1 amide bonds. The number of carbonyl (C=O) groups is 1. The average Bonchev–Trinajstić information content (AvgIpc) is 3.01. The van der Waals surface area contributed by atoms with Gasteiger partial charge in [-0.25, -0.2) is 4.99 Å². The number of carbonyl (C=O) groups excluding carboxylic acids is 1. The van der Waals surface area contributed by atoms with Crippen molar-refractivity contribution in [1.29, 1.82) is 0 Å². The van der Waals surface area contributed by atoms with Crippen LogP contribution in [-0.4, -0.2) is 49.0 Å². The first-order chi connectivity index (χ1) is 11.1. The first kappa shape index (κ1) is 21.5. The number of nitrogens with zero attached hydrogens (tertiary/aromatic N) is 2. The summed E-state index contributed by atoms with van der Waals surface area (Å²) in [5.41, 5.74) is 0. The standard InChI is InChI=1S/C17H29ClN4O.HI/c1-3-19-17(20-11-13(2)18)21-15-9-10-22(12-15)16(23)14-7-5-4-6-8-14;/h14-15H,2-12H2,1H3,(H2,19,20,21);1H. The smallest absolute Gasteiger partial charge is 0.225 e. The maximum Gasteiger partial charge on any atom is 0.225 e. The maximum absolute atomic E-state index is 12.6. The molecular weight excluding hydrogens is 439 g/mol. The first-order valence-corrected chi connectivity index (χ1v) is 9.15. The molecule has 1 saturated carbocycles. The van der Waals surface area contributed by atoms with Crippen LogP contribution in [0.5, 0.6) is 0 Å². The molecule has 1 aliphatic carbocycles. The Balaban J connectivity index is 0.00000288. The SMILES string of the molecule is C=C(Cl)CN=C(NCC)NC1CCN(C(=O)C2CCCCC2)C1.I. The van der Waals surface area contributed by atoms with Gasteiger partial charge in [0.05, 0.1) is 6.54 Å². The Bertz CT molecular complexity index is 452. The second kappa shape index (κ2) is 11.2. The Morgan fingerprint density at radius 1 is 1.29 bits per heavy atom. The number of guanidine groups is 1. The lowest BCUT2D eigenvalue weighted by Crippen LogP contribution is -2.45. The molecule has 2 rings (SSSR count). The molecule has 0 radical (unpaired) electrons. The normalized spacial score (nSPS) is 22.0. The molecule has 1 atom stereocenters. The topological polar surface area (TPSA) is 56.7 Å². The van der Waals surface area contributed by atoms with E-state index in [-0.39, 0.29) is 35.9 Å². The zero-order chi connectivity index (χ0) is 16.7. The molecule has 2 fully saturated rings. The van der Waals surface area contributed by atoms with Gasteiger partial charge in [0.25, 0.3) is 0 Å². The van der Waals surface area contributed by atoms with Crippen molar-refractivity contribution in [3.8, 4) is 0 Å². The van der Waals surface area contributed by atoms with Crippen LogP contribution >= 0.6 is 35.6 Å². The van der Waals surface area contributed by atoms with Crippen molar-refractivity contribution in [2.75, 3.05) is 26.2 Å². The summed E-state index contributed by atoms with van der Waals surface area (Å²) in [5, 5.41) is 7.13. The van der Waals surface area contributed by atoms with E-state index in [1.807, 2.05) is 11.8 Å². The minimum atomic E-state index is 0. The van der Waals surface area contributed by atoms with E-state index in [4.69, 9.17) is 11.6 Å². The molecule has 0 aromatic carbocycles. The highest BCUT2D eigenvalue weighted by Gasteiger charge is 2.31. The second-order valence-corrected chi connectivity index (χ2v) is 7.00. The van der Waals surface area contributed by atoms with Gasteiger partial charge in [0.2, 0.25) is 5.91 Å². The largest absolute Gasteiger partial charge is 0.357 e. The molecule has 0 bridgehead atoms. The van der Waals surface area contributed by atoms with Crippen LogP contribution in [0.3, 0.4) is 0 Å². The highest BCUT2D eigenvalue weighted by Crippen LogP contribution is 2.26. The molecule has 24 heavy (non-hydrogen) atoms. The quantitative estimate of drug-likeness (QED) is 0.370. The molecule has 7 heteroatoms. The van der Waals surface area contributed by atoms with Gasteiger partial charge in [0.1, 0.15) is 0 Å². The third-order valence-corrected chi connectivity index (χ3v) is 4.67. The molecule has 1 unspecified atom stereocenters. The van der Waals surface area contributed by atoms with Crippen molar-refractivity contribution in [3.05, 3.63) is 11.6 Å². The number of aliphatic imine (C=N–C) groups is 1. The van der Waals surface area contributed by atoms with Gasteiger partial charge in [-0.2, -0.15) is 0 Å². The summed E-state index contributed by atoms with van der Waals surface area (Å²) in [5.74, 6) is 1.35. The number of likely N-dealkylation sites (tertiary alicyclic amines) is 1. The van der Waals surface area contributed by atoms with Gasteiger partial charge in [-0.1, -0.05) is 37.4 Å². The monoisotopic (exact) mass is 468 g/mol. The molecule has 5 nitrogen and oxygen atoms in total. The summed E-state index contributed by atoms with van der Waals surface area (Å²) in [4.78, 5) is 19.0. The fraction of sp³-hybridized carbons (Fsp3) is 0.765. The van der Waals surface area contributed by atoms with Crippen LogP contribution in [0, 0.1) is 5.92 Å². The Labute approximate surface area is 167 Å². The molecule has 0 aromatic rings. The van der Waals surface area contributed by atoms with E-state index in [9.17, 15) is 4.79 Å². The highest BCUT2D eigenvalue weighted by atomic mass is 127. The lowest BCUT2D eigenvalue weighted by atomic mass is 9.88. The van der Waals surface area contributed by atoms with Crippen LogP contribution < -0.4 is 10.6 Å². The third-order valence-electron chi connectivity index (χ3n) is 4.55. The van der Waals surface area contributed by atoms with Gasteiger partial charge in [0.15, 0.2) is 5.96 Å². The Morgan fingerprint density at radius 3 is 2.62 bits per heavy atom. The Morgan fingerprint density at radius 2 is 2.00 bits per heavy atom. The molecule has 1 heterocycles. The first-order valence-electron chi connectivity index (χ1n) is 8.77. The average molecular weight is 469 g/mol. The van der Waals surface area contributed by atoms with Crippen molar-refractivity contribution in [3.63, 3.8) is 0 Å². The van der Waals surface area contributed by atoms with Gasteiger partial charge in [-0.05, 0) is 26.2 Å². The zero-order valence-electron chi connectivity index (χ0n) is 14.5. The van der Waals surface area contributed by atoms with Gasteiger partial charge in [0, 0.05) is 36.6 Å². The lowest BCUT2D eigenvalue weighted by Gasteiger charge is -2.26. The van der Waals surface area contributed by atoms with Crippen LogP contribution in [0.15, 0.2) is 16.6 Å². The van der Waals surface area contributed by atoms with Crippen molar-refractivity contribution in [1.82, 2.24) is 15.5 Å². The molecule has 0 aromatic heterocycles. The van der Waals surface area contributed by atoms with Gasteiger partial charge >= 0.3 is 0 Å². The van der Waals surface area contributed by atoms with Gasteiger partial charge in [-0.3, -0.25) is 4.79 Å². The molecule has 1 aliphatic heterocycles. The number of hydrogen-bond donors (Lipinski definition) is 2. The van der Waals surface area contributed by atoms with E-state index in [0.717, 1.165) is 44.9 Å². The molecular formula is C17H30ClIN4O. The summed E-state index contributed by atoms with van der Waals surface area (Å²) in [6, 6.07) is 0.254. The number of nitrogens with one attached hydrogen (secondary N) is 2. The summed E-state index contributed by atoms with van der Waals surface area (Å²) in [6.07, 6.45) is 6.77. The van der Waals surface area contributed by atoms with E-state index in [2.05, 4.69) is 22.2 Å². The van der Waals surface area contributed by atoms with Crippen LogP contribution in [0.4, 0.5) is 0 Å². The predicted molar refractivity (Wildman–Crippen MR) is 111 cm³/mol. The summed E-state index contributed by atoms with van der Waals surface area (Å²) < 4.78 is 0. The van der Waals surface area contributed by atoms with Crippen LogP contribution in [-0.2, 0) is 4.79 Å². The van der Waals surface area contributed by atoms with Crippen molar-refractivity contribution >= 4 is 47.4 Å². The third kappa shape index (κ3) is 6.78. The van der Waals surface area contributed by atoms with E-state index in [1.54, 1.807) is 0 Å². The summed E-state index contributed by atoms with van der Waals surface area (Å²) >= 11 is 5.78. The summed E-state index contributed by atoms with van der Waals surface area (Å²) in [7, 11) is 0. The van der Waals surface area contributed by atoms with Gasteiger partial charge in [-0.15, -0.1) is 24.0 Å². The minimum Gasteiger partial charge on any atom is -0.357 e. The molecule has 138 valence electrons. The van der Waals surface area contributed by atoms with Gasteiger partial charge < -0.3 is 15.5 Å². The van der Waals surface area contributed by atoms with Crippen LogP contribution in [0.2, 0.25) is 0 Å². The van der Waals surface area contributed by atoms with Crippen LogP contribution in [0.25, 0.3) is 0 Å². The van der Waals surface area contributed by atoms with Crippen molar-refractivity contribution in [2.24, 2.45) is 10.9 Å². The van der Waals surface area contributed by atoms with Crippen molar-refractivity contribution in [2.45, 2.75) is 51.5 Å². The Hall–Kier alpha value is -0.500. The highest BCUT2D eigenvalue weighted by molar-refractivity contribution is 14.0. The number of amides is 1. The fourth-order valence-electron chi connectivity index (χ4n) is 3.36. The molecule has 2 aliphatic rings. The summed E-state index contributed by atoms with van der Waals surface area (Å²) in [6.45, 7) is 8.48. The lowest BCUT2D eigenvalue weighted by molar-refractivity contribution is -0.135. The van der Waals surface area contributed by atoms with E-state index in [1.165, 1.54) is 19.3 Å². The van der Waals surface area contributed by atoms with E-state index < -0.39 is 0 Å². The molecule has 1 saturated heterocycles. The number of hydrogen-bond acceptors (Lipinski definition) is 2. The second-order valence-electron chi connectivity index (χ2n) is 6.46. The zero-order valence-corrected chi connectivity index (χ0v) is 17.6. The Kier molecular flexibility index (Phi) is 10.0. The van der Waals surface area contributed by atoms with E-state index >= 15 is 0 Å². The maximum atomic E-state index is 12.6. The predicted octanol–water partition coefficient (Wildman–Crippen LogP) is 3.09. The molecule has 0 spiro atoms. The van der Waals surface area contributed by atoms with Crippen molar-refractivity contribution < 1.29 is 4.79 Å². The minimum absolute atomic E-state index is 0. The number of halogens is 2. The van der Waals surface area contributed by atoms with Crippen LogP contribution in [0.1, 0.15) is 45.4 Å².